The van der Waals surface area contributed by atoms with Crippen molar-refractivity contribution in [2.45, 2.75) is 39.5 Å². The molecule has 21 heavy (non-hydrogen) atoms. The van der Waals surface area contributed by atoms with Crippen LogP contribution in [0.5, 0.6) is 0 Å². The Kier molecular flexibility index (Phi) is 6.03. The molecule has 0 spiro atoms. The van der Waals surface area contributed by atoms with Gasteiger partial charge in [-0.25, -0.2) is 0 Å². The van der Waals surface area contributed by atoms with E-state index in [1.807, 2.05) is 0 Å². The standard InChI is InChI=1S/C17H28N2O2/c1-13(2)8-18-9-15-4-6-16(7-5-15)19-10-14(3)21-17(11-19)12-20/h4-7,13-14,17-18,20H,8-12H2,1-3H3. The van der Waals surface area contributed by atoms with E-state index in [4.69, 9.17) is 4.74 Å². The molecule has 0 amide bonds. The third-order valence-electron chi connectivity index (χ3n) is 3.71. The van der Waals surface area contributed by atoms with Gasteiger partial charge >= 0.3 is 0 Å². The Labute approximate surface area is 128 Å². The molecule has 0 aromatic heterocycles. The van der Waals surface area contributed by atoms with Crippen molar-refractivity contribution in [2.75, 3.05) is 31.1 Å². The van der Waals surface area contributed by atoms with Crippen LogP contribution in [0.3, 0.4) is 0 Å². The van der Waals surface area contributed by atoms with Crippen LogP contribution in [0.1, 0.15) is 26.3 Å². The number of hydrogen-bond acceptors (Lipinski definition) is 4. The van der Waals surface area contributed by atoms with Crippen molar-refractivity contribution in [2.24, 2.45) is 5.92 Å². The summed E-state index contributed by atoms with van der Waals surface area (Å²) in [5, 5.41) is 12.8. The summed E-state index contributed by atoms with van der Waals surface area (Å²) in [4.78, 5) is 2.29. The summed E-state index contributed by atoms with van der Waals surface area (Å²) in [6.07, 6.45) is 0.0735. The van der Waals surface area contributed by atoms with Crippen LogP contribution in [0.2, 0.25) is 0 Å². The molecule has 1 aliphatic heterocycles. The minimum absolute atomic E-state index is 0.0814. The van der Waals surface area contributed by atoms with Crippen LogP contribution in [0.4, 0.5) is 5.69 Å². The smallest absolute Gasteiger partial charge is 0.0984 e. The molecule has 0 aliphatic carbocycles. The fourth-order valence-corrected chi connectivity index (χ4v) is 2.69. The zero-order valence-electron chi connectivity index (χ0n) is 13.4. The van der Waals surface area contributed by atoms with Gasteiger partial charge in [-0.1, -0.05) is 26.0 Å². The van der Waals surface area contributed by atoms with Crippen molar-refractivity contribution >= 4 is 5.69 Å². The molecule has 0 saturated carbocycles. The van der Waals surface area contributed by atoms with Crippen molar-refractivity contribution < 1.29 is 9.84 Å². The van der Waals surface area contributed by atoms with Crippen LogP contribution in [0.25, 0.3) is 0 Å². The van der Waals surface area contributed by atoms with E-state index in [9.17, 15) is 5.11 Å². The summed E-state index contributed by atoms with van der Waals surface area (Å²) in [5.74, 6) is 0.675. The summed E-state index contributed by atoms with van der Waals surface area (Å²) in [7, 11) is 0. The molecular formula is C17H28N2O2. The van der Waals surface area contributed by atoms with Crippen LogP contribution < -0.4 is 10.2 Å². The Bertz CT molecular complexity index is 419. The maximum atomic E-state index is 9.30. The van der Waals surface area contributed by atoms with Gasteiger partial charge < -0.3 is 20.1 Å². The third-order valence-corrected chi connectivity index (χ3v) is 3.71. The first-order valence-electron chi connectivity index (χ1n) is 7.89. The lowest BCUT2D eigenvalue weighted by Crippen LogP contribution is -2.48. The normalized spacial score (nSPS) is 22.8. The highest BCUT2D eigenvalue weighted by Crippen LogP contribution is 2.20. The van der Waals surface area contributed by atoms with E-state index in [-0.39, 0.29) is 18.8 Å². The first-order valence-corrected chi connectivity index (χ1v) is 7.89. The van der Waals surface area contributed by atoms with E-state index >= 15 is 0 Å². The third kappa shape index (κ3) is 4.99. The summed E-state index contributed by atoms with van der Waals surface area (Å²) >= 11 is 0. The number of anilines is 1. The molecule has 2 atom stereocenters. The number of benzene rings is 1. The first kappa shape index (κ1) is 16.3. The zero-order valence-corrected chi connectivity index (χ0v) is 13.4. The second-order valence-corrected chi connectivity index (χ2v) is 6.35. The van der Waals surface area contributed by atoms with Crippen LogP contribution in [-0.4, -0.2) is 43.6 Å². The number of rotatable bonds is 6. The molecule has 2 unspecified atom stereocenters. The van der Waals surface area contributed by atoms with Gasteiger partial charge in [-0.3, -0.25) is 0 Å². The maximum absolute atomic E-state index is 9.30. The largest absolute Gasteiger partial charge is 0.394 e. The van der Waals surface area contributed by atoms with Gasteiger partial charge in [0, 0.05) is 25.3 Å². The lowest BCUT2D eigenvalue weighted by Gasteiger charge is -2.37. The van der Waals surface area contributed by atoms with Gasteiger partial charge in [0.25, 0.3) is 0 Å². The molecule has 1 aliphatic rings. The van der Waals surface area contributed by atoms with Crippen molar-refractivity contribution in [1.29, 1.82) is 0 Å². The number of morpholine rings is 1. The topological polar surface area (TPSA) is 44.7 Å². The predicted molar refractivity (Wildman–Crippen MR) is 86.6 cm³/mol. The maximum Gasteiger partial charge on any atom is 0.0984 e. The predicted octanol–water partition coefficient (Wildman–Crippen LogP) is 2.02. The number of aliphatic hydroxyl groups excluding tert-OH is 1. The van der Waals surface area contributed by atoms with E-state index in [2.05, 4.69) is 55.3 Å². The van der Waals surface area contributed by atoms with Crippen molar-refractivity contribution in [1.82, 2.24) is 5.32 Å². The fraction of sp³-hybridized carbons (Fsp3) is 0.647. The Morgan fingerprint density at radius 2 is 2.00 bits per heavy atom. The molecule has 1 aromatic carbocycles. The SMILES string of the molecule is CC(C)CNCc1ccc(N2CC(C)OC(CO)C2)cc1. The van der Waals surface area contributed by atoms with Gasteiger partial charge in [-0.05, 0) is 37.1 Å². The molecule has 2 rings (SSSR count). The van der Waals surface area contributed by atoms with Crippen LogP contribution in [-0.2, 0) is 11.3 Å². The number of hydrogen-bond donors (Lipinski definition) is 2. The first-order chi connectivity index (χ1) is 10.1. The monoisotopic (exact) mass is 292 g/mol. The van der Waals surface area contributed by atoms with E-state index in [0.717, 1.165) is 26.2 Å². The molecule has 1 heterocycles. The second kappa shape index (κ2) is 7.78. The number of nitrogens with one attached hydrogen (secondary N) is 1. The Balaban J connectivity index is 1.91. The highest BCUT2D eigenvalue weighted by Gasteiger charge is 2.24. The van der Waals surface area contributed by atoms with Crippen molar-refractivity contribution in [3.8, 4) is 0 Å². The van der Waals surface area contributed by atoms with E-state index < -0.39 is 0 Å². The number of nitrogens with zero attached hydrogens (tertiary/aromatic N) is 1. The van der Waals surface area contributed by atoms with Crippen LogP contribution in [0, 0.1) is 5.92 Å². The molecule has 1 aromatic rings. The molecule has 1 saturated heterocycles. The molecule has 4 nitrogen and oxygen atoms in total. The molecule has 118 valence electrons. The van der Waals surface area contributed by atoms with Gasteiger partial charge in [-0.15, -0.1) is 0 Å². The van der Waals surface area contributed by atoms with Gasteiger partial charge in [0.15, 0.2) is 0 Å². The molecule has 0 bridgehead atoms. The molecular weight excluding hydrogens is 264 g/mol. The Morgan fingerprint density at radius 1 is 1.29 bits per heavy atom. The van der Waals surface area contributed by atoms with Crippen LogP contribution in [0.15, 0.2) is 24.3 Å². The van der Waals surface area contributed by atoms with Gasteiger partial charge in [0.2, 0.25) is 0 Å². The zero-order chi connectivity index (χ0) is 15.2. The molecule has 1 fully saturated rings. The van der Waals surface area contributed by atoms with Crippen molar-refractivity contribution in [3.05, 3.63) is 29.8 Å². The fourth-order valence-electron chi connectivity index (χ4n) is 2.69. The summed E-state index contributed by atoms with van der Waals surface area (Å²) in [6.45, 7) is 10.2. The minimum atomic E-state index is -0.0823. The highest BCUT2D eigenvalue weighted by atomic mass is 16.5. The Hall–Kier alpha value is -1.10. The van der Waals surface area contributed by atoms with E-state index in [1.165, 1.54) is 11.3 Å². The average Bonchev–Trinajstić information content (AvgIpc) is 2.47. The molecule has 4 heteroatoms. The average molecular weight is 292 g/mol. The second-order valence-electron chi connectivity index (χ2n) is 6.35. The van der Waals surface area contributed by atoms with Gasteiger partial charge in [0.05, 0.1) is 18.8 Å². The lowest BCUT2D eigenvalue weighted by atomic mass is 10.1. The van der Waals surface area contributed by atoms with Gasteiger partial charge in [0.1, 0.15) is 0 Å². The van der Waals surface area contributed by atoms with Gasteiger partial charge in [-0.2, -0.15) is 0 Å². The summed E-state index contributed by atoms with van der Waals surface area (Å²) in [5.41, 5.74) is 2.51. The number of aliphatic hydroxyl groups is 1. The number of ether oxygens (including phenoxy) is 1. The summed E-state index contributed by atoms with van der Waals surface area (Å²) in [6, 6.07) is 8.69. The molecule has 0 radical (unpaired) electrons. The van der Waals surface area contributed by atoms with Crippen LogP contribution >= 0.6 is 0 Å². The Morgan fingerprint density at radius 3 is 2.62 bits per heavy atom. The van der Waals surface area contributed by atoms with E-state index in [0.29, 0.717) is 5.92 Å². The van der Waals surface area contributed by atoms with E-state index in [1.54, 1.807) is 0 Å². The minimum Gasteiger partial charge on any atom is -0.394 e. The molecule has 2 N–H and O–H groups in total. The van der Waals surface area contributed by atoms with Crippen molar-refractivity contribution in [3.63, 3.8) is 0 Å². The highest BCUT2D eigenvalue weighted by molar-refractivity contribution is 5.48. The summed E-state index contributed by atoms with van der Waals surface area (Å²) < 4.78 is 5.68. The lowest BCUT2D eigenvalue weighted by molar-refractivity contribution is -0.0421. The quantitative estimate of drug-likeness (QED) is 0.842.